The number of aromatic nitrogens is 1. The van der Waals surface area contributed by atoms with Gasteiger partial charge in [-0.25, -0.2) is 9.78 Å². The summed E-state index contributed by atoms with van der Waals surface area (Å²) in [6.07, 6.45) is 0.654. The Labute approximate surface area is 115 Å². The van der Waals surface area contributed by atoms with Gasteiger partial charge >= 0.3 is 5.97 Å². The molecule has 0 aliphatic rings. The Morgan fingerprint density at radius 1 is 1.42 bits per heavy atom. The molecule has 0 aliphatic heterocycles. The molecule has 0 radical (unpaired) electrons. The number of aliphatic hydroxyl groups is 1. The number of rotatable bonds is 5. The fraction of sp³-hybridized carbons (Fsp3) is 0.286. The summed E-state index contributed by atoms with van der Waals surface area (Å²) in [6, 6.07) is 8.81. The van der Waals surface area contributed by atoms with E-state index in [4.69, 9.17) is 5.11 Å². The van der Waals surface area contributed by atoms with E-state index in [-0.39, 0.29) is 17.4 Å². The first-order valence-electron chi connectivity index (χ1n) is 6.02. The molecular formula is C14H15NO3S. The highest BCUT2D eigenvalue weighted by Gasteiger charge is 2.13. The fourth-order valence-electron chi connectivity index (χ4n) is 1.84. The lowest BCUT2D eigenvalue weighted by Gasteiger charge is -2.10. The third-order valence-electron chi connectivity index (χ3n) is 2.78. The van der Waals surface area contributed by atoms with Gasteiger partial charge in [0.05, 0.1) is 16.1 Å². The van der Waals surface area contributed by atoms with E-state index >= 15 is 0 Å². The maximum Gasteiger partial charge on any atom is 0.336 e. The average Bonchev–Trinajstić information content (AvgIpc) is 2.37. The minimum Gasteiger partial charge on any atom is -0.478 e. The fourth-order valence-corrected chi connectivity index (χ4v) is 2.81. The van der Waals surface area contributed by atoms with Crippen molar-refractivity contribution in [3.63, 3.8) is 0 Å². The van der Waals surface area contributed by atoms with E-state index in [0.29, 0.717) is 22.3 Å². The summed E-state index contributed by atoms with van der Waals surface area (Å²) < 4.78 is 0. The molecule has 5 heteroatoms. The van der Waals surface area contributed by atoms with Crippen LogP contribution < -0.4 is 0 Å². The molecule has 1 aromatic heterocycles. The SMILES string of the molecule is CC(CCO)Sc1cc(C(=O)O)c2ccccc2n1. The number of aliphatic hydroxyl groups excluding tert-OH is 1. The summed E-state index contributed by atoms with van der Waals surface area (Å²) in [4.78, 5) is 15.8. The van der Waals surface area contributed by atoms with Crippen molar-refractivity contribution in [2.75, 3.05) is 6.61 Å². The second-order valence-corrected chi connectivity index (χ2v) is 5.73. The highest BCUT2D eigenvalue weighted by Crippen LogP contribution is 2.28. The molecule has 0 spiro atoms. The van der Waals surface area contributed by atoms with Crippen molar-refractivity contribution < 1.29 is 15.0 Å². The Hall–Kier alpha value is -1.59. The van der Waals surface area contributed by atoms with Gasteiger partial charge in [0.15, 0.2) is 0 Å². The molecular weight excluding hydrogens is 262 g/mol. The van der Waals surface area contributed by atoms with Crippen molar-refractivity contribution in [3.8, 4) is 0 Å². The topological polar surface area (TPSA) is 70.4 Å². The zero-order chi connectivity index (χ0) is 13.8. The summed E-state index contributed by atoms with van der Waals surface area (Å²) in [7, 11) is 0. The van der Waals surface area contributed by atoms with Crippen molar-refractivity contribution in [1.29, 1.82) is 0 Å². The largest absolute Gasteiger partial charge is 0.478 e. The molecule has 19 heavy (non-hydrogen) atoms. The molecule has 4 nitrogen and oxygen atoms in total. The van der Waals surface area contributed by atoms with Crippen molar-refractivity contribution >= 4 is 28.6 Å². The number of hydrogen-bond acceptors (Lipinski definition) is 4. The summed E-state index contributed by atoms with van der Waals surface area (Å²) in [5.41, 5.74) is 0.949. The first kappa shape index (κ1) is 13.8. The van der Waals surface area contributed by atoms with Crippen molar-refractivity contribution in [2.45, 2.75) is 23.6 Å². The third kappa shape index (κ3) is 3.24. The van der Waals surface area contributed by atoms with Gasteiger partial charge in [0.1, 0.15) is 0 Å². The summed E-state index contributed by atoms with van der Waals surface area (Å²) in [5.74, 6) is -0.949. The molecule has 0 amide bonds. The van der Waals surface area contributed by atoms with Gasteiger partial charge in [0.25, 0.3) is 0 Å². The van der Waals surface area contributed by atoms with Crippen LogP contribution in [0.5, 0.6) is 0 Å². The number of thioether (sulfide) groups is 1. The van der Waals surface area contributed by atoms with Crippen LogP contribution in [0.4, 0.5) is 0 Å². The molecule has 1 heterocycles. The lowest BCUT2D eigenvalue weighted by Crippen LogP contribution is -2.03. The van der Waals surface area contributed by atoms with Crippen LogP contribution in [0.2, 0.25) is 0 Å². The van der Waals surface area contributed by atoms with Gasteiger partial charge in [-0.1, -0.05) is 25.1 Å². The molecule has 2 N–H and O–H groups in total. The Bertz CT molecular complexity index is 600. The van der Waals surface area contributed by atoms with Crippen LogP contribution >= 0.6 is 11.8 Å². The van der Waals surface area contributed by atoms with Gasteiger partial charge in [0.2, 0.25) is 0 Å². The molecule has 1 aromatic carbocycles. The van der Waals surface area contributed by atoms with Crippen LogP contribution in [-0.2, 0) is 0 Å². The van der Waals surface area contributed by atoms with E-state index in [1.807, 2.05) is 19.1 Å². The number of carboxylic acids is 1. The predicted molar refractivity (Wildman–Crippen MR) is 75.7 cm³/mol. The quantitative estimate of drug-likeness (QED) is 0.822. The lowest BCUT2D eigenvalue weighted by molar-refractivity contribution is 0.0698. The molecule has 0 fully saturated rings. The van der Waals surface area contributed by atoms with E-state index in [2.05, 4.69) is 4.98 Å². The van der Waals surface area contributed by atoms with Gasteiger partial charge < -0.3 is 10.2 Å². The molecule has 0 saturated heterocycles. The molecule has 0 saturated carbocycles. The Balaban J connectivity index is 2.43. The minimum atomic E-state index is -0.949. The number of para-hydroxylation sites is 1. The zero-order valence-corrected chi connectivity index (χ0v) is 11.4. The molecule has 0 bridgehead atoms. The highest BCUT2D eigenvalue weighted by atomic mass is 32.2. The average molecular weight is 277 g/mol. The number of carbonyl (C=O) groups is 1. The summed E-state index contributed by atoms with van der Waals surface area (Å²) >= 11 is 1.48. The van der Waals surface area contributed by atoms with Crippen molar-refractivity contribution in [1.82, 2.24) is 4.98 Å². The van der Waals surface area contributed by atoms with Crippen LogP contribution in [0.25, 0.3) is 10.9 Å². The third-order valence-corrected chi connectivity index (χ3v) is 3.87. The Morgan fingerprint density at radius 3 is 2.84 bits per heavy atom. The monoisotopic (exact) mass is 277 g/mol. The molecule has 0 aliphatic carbocycles. The van der Waals surface area contributed by atoms with Gasteiger partial charge in [-0.05, 0) is 18.6 Å². The molecule has 1 atom stereocenters. The van der Waals surface area contributed by atoms with Crippen LogP contribution in [0.15, 0.2) is 35.4 Å². The number of carboxylic acid groups (broad SMARTS) is 1. The second-order valence-electron chi connectivity index (χ2n) is 4.27. The normalized spacial score (nSPS) is 12.5. The number of hydrogen-bond donors (Lipinski definition) is 2. The first-order chi connectivity index (χ1) is 9.11. The van der Waals surface area contributed by atoms with Crippen molar-refractivity contribution in [2.24, 2.45) is 0 Å². The molecule has 2 aromatic rings. The van der Waals surface area contributed by atoms with E-state index < -0.39 is 5.97 Å². The second kappa shape index (κ2) is 6.04. The number of benzene rings is 1. The Kier molecular flexibility index (Phi) is 4.39. The van der Waals surface area contributed by atoms with E-state index in [0.717, 1.165) is 0 Å². The number of pyridine rings is 1. The predicted octanol–water partition coefficient (Wildman–Crippen LogP) is 2.80. The molecule has 100 valence electrons. The summed E-state index contributed by atoms with van der Waals surface area (Å²) in [5, 5.41) is 19.7. The van der Waals surface area contributed by atoms with Crippen molar-refractivity contribution in [3.05, 3.63) is 35.9 Å². The van der Waals surface area contributed by atoms with Gasteiger partial charge in [-0.2, -0.15) is 0 Å². The zero-order valence-electron chi connectivity index (χ0n) is 10.5. The van der Waals surface area contributed by atoms with Crippen LogP contribution in [0, 0.1) is 0 Å². The number of nitrogens with zero attached hydrogens (tertiary/aromatic N) is 1. The number of aromatic carboxylic acids is 1. The van der Waals surface area contributed by atoms with Crippen LogP contribution in [0.1, 0.15) is 23.7 Å². The van der Waals surface area contributed by atoms with Crippen LogP contribution in [-0.4, -0.2) is 33.0 Å². The standard InChI is InChI=1S/C14H15NO3S/c1-9(6-7-16)19-13-8-11(14(17)18)10-4-2-3-5-12(10)15-13/h2-5,8-9,16H,6-7H2,1H3,(H,17,18). The van der Waals surface area contributed by atoms with Crippen LogP contribution in [0.3, 0.4) is 0 Å². The highest BCUT2D eigenvalue weighted by molar-refractivity contribution is 7.99. The van der Waals surface area contributed by atoms with Gasteiger partial charge in [-0.3, -0.25) is 0 Å². The van der Waals surface area contributed by atoms with Gasteiger partial charge in [0, 0.05) is 17.2 Å². The molecule has 2 rings (SSSR count). The lowest BCUT2D eigenvalue weighted by atomic mass is 10.1. The van der Waals surface area contributed by atoms with E-state index in [9.17, 15) is 9.90 Å². The van der Waals surface area contributed by atoms with E-state index in [1.54, 1.807) is 18.2 Å². The minimum absolute atomic E-state index is 0.119. The first-order valence-corrected chi connectivity index (χ1v) is 6.90. The number of fused-ring (bicyclic) bond motifs is 1. The smallest absolute Gasteiger partial charge is 0.336 e. The maximum atomic E-state index is 11.3. The van der Waals surface area contributed by atoms with Gasteiger partial charge in [-0.15, -0.1) is 11.8 Å². The summed E-state index contributed by atoms with van der Waals surface area (Å²) in [6.45, 7) is 2.10. The molecule has 1 unspecified atom stereocenters. The van der Waals surface area contributed by atoms with E-state index in [1.165, 1.54) is 11.8 Å². The maximum absolute atomic E-state index is 11.3. The Morgan fingerprint density at radius 2 is 2.16 bits per heavy atom.